The van der Waals surface area contributed by atoms with Crippen LogP contribution in [0.15, 0.2) is 30.5 Å². The van der Waals surface area contributed by atoms with Crippen molar-refractivity contribution in [3.63, 3.8) is 0 Å². The van der Waals surface area contributed by atoms with Crippen LogP contribution >= 0.6 is 0 Å². The second kappa shape index (κ2) is 4.28. The molecule has 0 aliphatic carbocycles. The topological polar surface area (TPSA) is 50.9 Å². The molecule has 3 N–H and O–H groups in total. The van der Waals surface area contributed by atoms with E-state index in [0.717, 1.165) is 29.4 Å². The van der Waals surface area contributed by atoms with E-state index in [0.29, 0.717) is 0 Å². The molecule has 1 heterocycles. The number of anilines is 1. The van der Waals surface area contributed by atoms with E-state index in [-0.39, 0.29) is 0 Å². The van der Waals surface area contributed by atoms with Crippen LogP contribution in [0.1, 0.15) is 18.9 Å². The molecular weight excluding hydrogens is 186 g/mol. The molecule has 0 aliphatic rings. The van der Waals surface area contributed by atoms with Crippen LogP contribution in [-0.2, 0) is 6.42 Å². The first-order chi connectivity index (χ1) is 7.36. The van der Waals surface area contributed by atoms with Crippen molar-refractivity contribution in [1.82, 2.24) is 4.98 Å². The van der Waals surface area contributed by atoms with Gasteiger partial charge in [-0.25, -0.2) is 0 Å². The van der Waals surface area contributed by atoms with Crippen LogP contribution in [0.3, 0.4) is 0 Å². The summed E-state index contributed by atoms with van der Waals surface area (Å²) in [6.45, 7) is 2.17. The van der Waals surface area contributed by atoms with Crippen LogP contribution < -0.4 is 11.3 Å². The molecule has 1 aromatic heterocycles. The largest absolute Gasteiger partial charge is 0.323 e. The number of nitrogens with two attached hydrogens (primary N) is 1. The highest BCUT2D eigenvalue weighted by Gasteiger charge is 2.04. The zero-order valence-corrected chi connectivity index (χ0v) is 8.83. The van der Waals surface area contributed by atoms with Crippen LogP contribution in [0, 0.1) is 0 Å². The van der Waals surface area contributed by atoms with Gasteiger partial charge in [-0.05, 0) is 18.1 Å². The number of para-hydroxylation sites is 1. The summed E-state index contributed by atoms with van der Waals surface area (Å²) in [5.41, 5.74) is 5.96. The van der Waals surface area contributed by atoms with Gasteiger partial charge in [0.2, 0.25) is 0 Å². The van der Waals surface area contributed by atoms with Crippen molar-refractivity contribution in [2.75, 3.05) is 5.43 Å². The standard InChI is InChI=1S/C12H15N3/c1-2-4-9-5-3-6-10-11(15-13)7-8-14-12(9)10/h3,5-8H,2,4,13H2,1H3,(H,14,15). The predicted molar refractivity (Wildman–Crippen MR) is 63.5 cm³/mol. The van der Waals surface area contributed by atoms with Gasteiger partial charge in [0.25, 0.3) is 0 Å². The normalized spacial score (nSPS) is 10.5. The first-order valence-electron chi connectivity index (χ1n) is 5.20. The molecule has 15 heavy (non-hydrogen) atoms. The second-order valence-corrected chi connectivity index (χ2v) is 3.57. The maximum Gasteiger partial charge on any atom is 0.0755 e. The van der Waals surface area contributed by atoms with Crippen LogP contribution in [-0.4, -0.2) is 4.98 Å². The van der Waals surface area contributed by atoms with Crippen LogP contribution in [0.5, 0.6) is 0 Å². The van der Waals surface area contributed by atoms with Crippen molar-refractivity contribution in [3.05, 3.63) is 36.0 Å². The van der Waals surface area contributed by atoms with Crippen molar-refractivity contribution >= 4 is 16.6 Å². The van der Waals surface area contributed by atoms with E-state index in [9.17, 15) is 0 Å². The molecule has 2 rings (SSSR count). The van der Waals surface area contributed by atoms with Gasteiger partial charge in [0.1, 0.15) is 0 Å². The van der Waals surface area contributed by atoms with Gasteiger partial charge in [-0.15, -0.1) is 0 Å². The SMILES string of the molecule is CCCc1cccc2c(NN)ccnc12. The maximum atomic E-state index is 5.46. The van der Waals surface area contributed by atoms with Crippen molar-refractivity contribution < 1.29 is 0 Å². The molecule has 78 valence electrons. The average molecular weight is 201 g/mol. The minimum Gasteiger partial charge on any atom is -0.323 e. The Morgan fingerprint density at radius 1 is 1.33 bits per heavy atom. The number of aromatic nitrogens is 1. The smallest absolute Gasteiger partial charge is 0.0755 e. The number of hydrazine groups is 1. The fourth-order valence-corrected chi connectivity index (χ4v) is 1.83. The molecular formula is C12H15N3. The fourth-order valence-electron chi connectivity index (χ4n) is 1.83. The number of rotatable bonds is 3. The number of fused-ring (bicyclic) bond motifs is 1. The highest BCUT2D eigenvalue weighted by atomic mass is 15.2. The van der Waals surface area contributed by atoms with Gasteiger partial charge in [0.15, 0.2) is 0 Å². The summed E-state index contributed by atoms with van der Waals surface area (Å²) >= 11 is 0. The summed E-state index contributed by atoms with van der Waals surface area (Å²) in [6, 6.07) is 8.10. The molecule has 0 aliphatic heterocycles. The number of hydrogen-bond acceptors (Lipinski definition) is 3. The lowest BCUT2D eigenvalue weighted by atomic mass is 10.0. The van der Waals surface area contributed by atoms with Gasteiger partial charge in [-0.1, -0.05) is 31.5 Å². The fraction of sp³-hybridized carbons (Fsp3) is 0.250. The van der Waals surface area contributed by atoms with Crippen molar-refractivity contribution in [3.8, 4) is 0 Å². The first-order valence-corrected chi connectivity index (χ1v) is 5.20. The molecule has 0 saturated heterocycles. The molecule has 3 heteroatoms. The molecule has 0 spiro atoms. The monoisotopic (exact) mass is 201 g/mol. The number of pyridine rings is 1. The number of hydrogen-bond donors (Lipinski definition) is 2. The quantitative estimate of drug-likeness (QED) is 0.592. The van der Waals surface area contributed by atoms with E-state index in [1.54, 1.807) is 6.20 Å². The molecule has 0 bridgehead atoms. The lowest BCUT2D eigenvalue weighted by Crippen LogP contribution is -2.07. The second-order valence-electron chi connectivity index (χ2n) is 3.57. The minimum absolute atomic E-state index is 0.929. The van der Waals surface area contributed by atoms with Gasteiger partial charge in [0.05, 0.1) is 11.2 Å². The number of nitrogens with zero attached hydrogens (tertiary/aromatic N) is 1. The summed E-state index contributed by atoms with van der Waals surface area (Å²) in [4.78, 5) is 4.41. The third-order valence-corrected chi connectivity index (χ3v) is 2.53. The lowest BCUT2D eigenvalue weighted by molar-refractivity contribution is 0.926. The molecule has 0 radical (unpaired) electrons. The zero-order chi connectivity index (χ0) is 10.7. The molecule has 2 aromatic rings. The Morgan fingerprint density at radius 2 is 2.20 bits per heavy atom. The zero-order valence-electron chi connectivity index (χ0n) is 8.83. The van der Waals surface area contributed by atoms with E-state index < -0.39 is 0 Å². The van der Waals surface area contributed by atoms with Gasteiger partial charge >= 0.3 is 0 Å². The predicted octanol–water partition coefficient (Wildman–Crippen LogP) is 2.47. The van der Waals surface area contributed by atoms with E-state index >= 15 is 0 Å². The Bertz CT molecular complexity index is 465. The molecule has 1 aromatic carbocycles. The summed E-state index contributed by atoms with van der Waals surface area (Å²) in [6.07, 6.45) is 3.97. The molecule has 3 nitrogen and oxygen atoms in total. The summed E-state index contributed by atoms with van der Waals surface area (Å²) in [5, 5.41) is 1.09. The van der Waals surface area contributed by atoms with Gasteiger partial charge in [0, 0.05) is 11.6 Å². The summed E-state index contributed by atoms with van der Waals surface area (Å²) < 4.78 is 0. The third-order valence-electron chi connectivity index (χ3n) is 2.53. The van der Waals surface area contributed by atoms with Gasteiger partial charge in [-0.2, -0.15) is 0 Å². The maximum absolute atomic E-state index is 5.46. The van der Waals surface area contributed by atoms with E-state index in [1.165, 1.54) is 5.56 Å². The number of nitrogens with one attached hydrogen (secondary N) is 1. The number of benzene rings is 1. The molecule has 0 unspecified atom stereocenters. The Labute approximate surface area is 89.3 Å². The van der Waals surface area contributed by atoms with Crippen LogP contribution in [0.25, 0.3) is 10.9 Å². The van der Waals surface area contributed by atoms with Crippen molar-refractivity contribution in [1.29, 1.82) is 0 Å². The van der Waals surface area contributed by atoms with Crippen molar-refractivity contribution in [2.24, 2.45) is 5.84 Å². The Balaban J connectivity index is 2.65. The van der Waals surface area contributed by atoms with Gasteiger partial charge < -0.3 is 5.43 Å². The number of nitrogen functional groups attached to an aromatic ring is 1. The Hall–Kier alpha value is -1.61. The highest BCUT2D eigenvalue weighted by Crippen LogP contribution is 2.23. The van der Waals surface area contributed by atoms with E-state index in [4.69, 9.17) is 5.84 Å². The van der Waals surface area contributed by atoms with E-state index in [1.807, 2.05) is 12.1 Å². The average Bonchev–Trinajstić information content (AvgIpc) is 2.29. The number of aryl methyl sites for hydroxylation is 1. The van der Waals surface area contributed by atoms with Crippen molar-refractivity contribution in [2.45, 2.75) is 19.8 Å². The highest BCUT2D eigenvalue weighted by molar-refractivity contribution is 5.92. The lowest BCUT2D eigenvalue weighted by Gasteiger charge is -2.08. The van der Waals surface area contributed by atoms with E-state index in [2.05, 4.69) is 29.5 Å². The van der Waals surface area contributed by atoms with Crippen LogP contribution in [0.4, 0.5) is 5.69 Å². The van der Waals surface area contributed by atoms with Gasteiger partial charge in [-0.3, -0.25) is 10.8 Å². The molecule has 0 saturated carbocycles. The molecule has 0 amide bonds. The third kappa shape index (κ3) is 1.78. The Morgan fingerprint density at radius 3 is 2.93 bits per heavy atom. The molecule has 0 atom stereocenters. The van der Waals surface area contributed by atoms with Crippen LogP contribution in [0.2, 0.25) is 0 Å². The minimum atomic E-state index is 0.929. The summed E-state index contributed by atoms with van der Waals surface area (Å²) in [7, 11) is 0. The first kappa shape index (κ1) is 9.93. The summed E-state index contributed by atoms with van der Waals surface area (Å²) in [5.74, 6) is 5.46. The Kier molecular flexibility index (Phi) is 2.83. The molecule has 0 fully saturated rings.